The minimum absolute atomic E-state index is 0.184. The molecule has 2 heterocycles. The molecule has 18 heavy (non-hydrogen) atoms. The monoisotopic (exact) mass is 265 g/mol. The minimum Gasteiger partial charge on any atom is -0.368 e. The van der Waals surface area contributed by atoms with Gasteiger partial charge in [-0.25, -0.2) is 0 Å². The van der Waals surface area contributed by atoms with Crippen molar-refractivity contribution in [1.29, 1.82) is 0 Å². The molecule has 0 aromatic carbocycles. The summed E-state index contributed by atoms with van der Waals surface area (Å²) < 4.78 is 0. The number of hydrogen-bond donors (Lipinski definition) is 3. The first-order valence-electron chi connectivity index (χ1n) is 5.79. The van der Waals surface area contributed by atoms with Gasteiger partial charge in [-0.1, -0.05) is 6.07 Å². The number of nitrogens with one attached hydrogen (secondary N) is 1. The third-order valence-corrected chi connectivity index (χ3v) is 3.51. The van der Waals surface area contributed by atoms with Gasteiger partial charge >= 0.3 is 0 Å². The topological polar surface area (TPSA) is 95.2 Å². The molecule has 0 bridgehead atoms. The van der Waals surface area contributed by atoms with Gasteiger partial charge in [-0.2, -0.15) is 15.0 Å². The van der Waals surface area contributed by atoms with Crippen molar-refractivity contribution in [2.24, 2.45) is 0 Å². The lowest BCUT2D eigenvalue weighted by Crippen LogP contribution is -3.09. The number of thiophene rings is 1. The maximum atomic E-state index is 5.56. The van der Waals surface area contributed by atoms with E-state index in [-0.39, 0.29) is 11.9 Å². The Morgan fingerprint density at radius 2 is 1.89 bits per heavy atom. The van der Waals surface area contributed by atoms with Crippen LogP contribution in [0.4, 0.5) is 11.9 Å². The molecule has 6 nitrogen and oxygen atoms in total. The summed E-state index contributed by atoms with van der Waals surface area (Å²) in [5.41, 5.74) is 11.1. The van der Waals surface area contributed by atoms with Crippen molar-refractivity contribution in [3.05, 3.63) is 28.2 Å². The molecule has 0 fully saturated rings. The Morgan fingerprint density at radius 1 is 1.17 bits per heavy atom. The van der Waals surface area contributed by atoms with Crippen molar-refractivity contribution < 1.29 is 4.90 Å². The molecule has 0 spiro atoms. The highest BCUT2D eigenvalue weighted by molar-refractivity contribution is 7.09. The Bertz CT molecular complexity index is 478. The van der Waals surface area contributed by atoms with Gasteiger partial charge in [-0.15, -0.1) is 11.3 Å². The predicted molar refractivity (Wildman–Crippen MR) is 71.9 cm³/mol. The number of nitrogen functional groups attached to an aromatic ring is 2. The van der Waals surface area contributed by atoms with E-state index in [2.05, 4.69) is 39.4 Å². The van der Waals surface area contributed by atoms with Crippen molar-refractivity contribution in [3.8, 4) is 0 Å². The largest absolute Gasteiger partial charge is 0.368 e. The van der Waals surface area contributed by atoms with Crippen molar-refractivity contribution >= 4 is 23.2 Å². The van der Waals surface area contributed by atoms with E-state index in [1.807, 2.05) is 0 Å². The molecule has 5 N–H and O–H groups in total. The summed E-state index contributed by atoms with van der Waals surface area (Å²) in [6.45, 7) is 4.78. The fourth-order valence-electron chi connectivity index (χ4n) is 1.73. The summed E-state index contributed by atoms with van der Waals surface area (Å²) in [6.07, 6.45) is 0. The number of nitrogens with zero attached hydrogens (tertiary/aromatic N) is 3. The molecular weight excluding hydrogens is 248 g/mol. The Hall–Kier alpha value is -1.73. The number of aromatic nitrogens is 3. The first kappa shape index (κ1) is 12.7. The van der Waals surface area contributed by atoms with Crippen molar-refractivity contribution in [2.45, 2.75) is 20.0 Å². The normalized spacial score (nSPS) is 12.5. The third kappa shape index (κ3) is 3.38. The molecule has 96 valence electrons. The number of hydrogen-bond acceptors (Lipinski definition) is 6. The number of quaternary nitrogens is 1. The minimum atomic E-state index is 0.184. The van der Waals surface area contributed by atoms with Gasteiger partial charge in [0.15, 0.2) is 5.82 Å². The summed E-state index contributed by atoms with van der Waals surface area (Å²) in [6, 6.07) is 4.20. The van der Waals surface area contributed by atoms with Crippen LogP contribution in [0.3, 0.4) is 0 Å². The zero-order chi connectivity index (χ0) is 13.0. The van der Waals surface area contributed by atoms with Crippen LogP contribution in [0.25, 0.3) is 0 Å². The van der Waals surface area contributed by atoms with Crippen LogP contribution < -0.4 is 16.4 Å². The van der Waals surface area contributed by atoms with Crippen LogP contribution in [-0.2, 0) is 13.1 Å². The number of rotatable bonds is 5. The van der Waals surface area contributed by atoms with E-state index in [0.717, 1.165) is 13.1 Å². The Morgan fingerprint density at radius 3 is 2.44 bits per heavy atom. The smallest absolute Gasteiger partial charge is 0.225 e. The molecule has 0 aliphatic carbocycles. The van der Waals surface area contributed by atoms with Crippen LogP contribution in [0.5, 0.6) is 0 Å². The average Bonchev–Trinajstić information content (AvgIpc) is 2.79. The lowest BCUT2D eigenvalue weighted by Gasteiger charge is -2.15. The highest BCUT2D eigenvalue weighted by Gasteiger charge is 2.12. The van der Waals surface area contributed by atoms with E-state index in [1.54, 1.807) is 11.3 Å². The van der Waals surface area contributed by atoms with Crippen molar-refractivity contribution in [1.82, 2.24) is 15.0 Å². The quantitative estimate of drug-likeness (QED) is 0.690. The van der Waals surface area contributed by atoms with E-state index in [0.29, 0.717) is 12.4 Å². The zero-order valence-electron chi connectivity index (χ0n) is 10.3. The molecule has 0 amide bonds. The first-order chi connectivity index (χ1) is 8.67. The lowest BCUT2D eigenvalue weighted by molar-refractivity contribution is -0.926. The first-order valence-corrected chi connectivity index (χ1v) is 6.67. The fraction of sp³-hybridized carbons (Fsp3) is 0.364. The maximum Gasteiger partial charge on any atom is 0.225 e. The SMILES string of the molecule is CC[NH+](Cc1nc(N)nc(N)n1)Cc1cccs1. The Labute approximate surface area is 110 Å². The molecule has 1 unspecified atom stereocenters. The molecule has 7 heteroatoms. The Balaban J connectivity index is 2.05. The lowest BCUT2D eigenvalue weighted by atomic mass is 10.4. The number of nitrogens with two attached hydrogens (primary N) is 2. The zero-order valence-corrected chi connectivity index (χ0v) is 11.1. The Kier molecular flexibility index (Phi) is 4.06. The summed E-state index contributed by atoms with van der Waals surface area (Å²) in [5, 5.41) is 2.08. The second-order valence-electron chi connectivity index (χ2n) is 4.00. The second kappa shape index (κ2) is 5.74. The molecule has 2 aromatic heterocycles. The van der Waals surface area contributed by atoms with Gasteiger partial charge in [0.05, 0.1) is 11.4 Å². The average molecular weight is 265 g/mol. The van der Waals surface area contributed by atoms with Crippen LogP contribution in [0.2, 0.25) is 0 Å². The molecule has 0 saturated heterocycles. The van der Waals surface area contributed by atoms with Gasteiger partial charge in [0.1, 0.15) is 13.1 Å². The van der Waals surface area contributed by atoms with E-state index < -0.39 is 0 Å². The summed E-state index contributed by atoms with van der Waals surface area (Å²) in [7, 11) is 0. The van der Waals surface area contributed by atoms with E-state index in [4.69, 9.17) is 11.5 Å². The fourth-order valence-corrected chi connectivity index (χ4v) is 2.51. The predicted octanol–water partition coefficient (Wildman–Crippen LogP) is -0.297. The van der Waals surface area contributed by atoms with E-state index >= 15 is 0 Å². The second-order valence-corrected chi connectivity index (χ2v) is 5.04. The van der Waals surface area contributed by atoms with Gasteiger partial charge in [0.25, 0.3) is 0 Å². The van der Waals surface area contributed by atoms with Crippen LogP contribution in [0.1, 0.15) is 17.6 Å². The van der Waals surface area contributed by atoms with Gasteiger partial charge in [0, 0.05) is 0 Å². The molecular formula is C11H17N6S+. The van der Waals surface area contributed by atoms with Crippen molar-refractivity contribution in [2.75, 3.05) is 18.0 Å². The van der Waals surface area contributed by atoms with Gasteiger partial charge in [-0.05, 0) is 18.4 Å². The highest BCUT2D eigenvalue weighted by Crippen LogP contribution is 2.06. The molecule has 2 rings (SSSR count). The highest BCUT2D eigenvalue weighted by atomic mass is 32.1. The van der Waals surface area contributed by atoms with Crippen LogP contribution in [0.15, 0.2) is 17.5 Å². The van der Waals surface area contributed by atoms with Gasteiger partial charge < -0.3 is 16.4 Å². The molecule has 1 atom stereocenters. The standard InChI is InChI=1S/C11H16N6S/c1-2-17(6-8-4-3-5-18-8)7-9-14-10(12)16-11(13)15-9/h3-5H,2,6-7H2,1H3,(H4,12,13,14,15,16)/p+1. The number of anilines is 2. The molecule has 0 aliphatic rings. The molecule has 0 radical (unpaired) electrons. The summed E-state index contributed by atoms with van der Waals surface area (Å²) in [4.78, 5) is 14.7. The van der Waals surface area contributed by atoms with Gasteiger partial charge in [-0.3, -0.25) is 0 Å². The summed E-state index contributed by atoms with van der Waals surface area (Å²) in [5.74, 6) is 1.02. The van der Waals surface area contributed by atoms with Crippen LogP contribution in [-0.4, -0.2) is 21.5 Å². The molecule has 2 aromatic rings. The van der Waals surface area contributed by atoms with Gasteiger partial charge in [0.2, 0.25) is 11.9 Å². The van der Waals surface area contributed by atoms with E-state index in [9.17, 15) is 0 Å². The molecule has 0 aliphatic heterocycles. The van der Waals surface area contributed by atoms with E-state index in [1.165, 1.54) is 9.78 Å². The third-order valence-electron chi connectivity index (χ3n) is 2.63. The maximum absolute atomic E-state index is 5.56. The van der Waals surface area contributed by atoms with Crippen LogP contribution in [0, 0.1) is 0 Å². The summed E-state index contributed by atoms with van der Waals surface area (Å²) >= 11 is 1.76. The van der Waals surface area contributed by atoms with Crippen molar-refractivity contribution in [3.63, 3.8) is 0 Å². The molecule has 0 saturated carbocycles. The van der Waals surface area contributed by atoms with Crippen LogP contribution >= 0.6 is 11.3 Å².